The Bertz CT molecular complexity index is 200. The van der Waals surface area contributed by atoms with Crippen LogP contribution in [0.25, 0.3) is 0 Å². The van der Waals surface area contributed by atoms with E-state index < -0.39 is 0 Å². The van der Waals surface area contributed by atoms with Crippen LogP contribution in [0.1, 0.15) is 26.7 Å². The lowest BCUT2D eigenvalue weighted by Gasteiger charge is -2.32. The summed E-state index contributed by atoms with van der Waals surface area (Å²) < 4.78 is 0. The third-order valence-electron chi connectivity index (χ3n) is 3.16. The molecule has 15 heavy (non-hydrogen) atoms. The van der Waals surface area contributed by atoms with Gasteiger partial charge in [-0.05, 0) is 39.4 Å². The molecule has 0 bridgehead atoms. The van der Waals surface area contributed by atoms with Gasteiger partial charge < -0.3 is 15.5 Å². The average Bonchev–Trinajstić information content (AvgIpc) is 2.29. The highest BCUT2D eigenvalue weighted by Crippen LogP contribution is 2.10. The molecule has 0 spiro atoms. The molecule has 0 radical (unpaired) electrons. The fourth-order valence-corrected chi connectivity index (χ4v) is 2.06. The van der Waals surface area contributed by atoms with E-state index in [-0.39, 0.29) is 11.9 Å². The Labute approximate surface area is 92.4 Å². The van der Waals surface area contributed by atoms with Gasteiger partial charge in [-0.2, -0.15) is 0 Å². The minimum atomic E-state index is -0.0758. The van der Waals surface area contributed by atoms with E-state index in [4.69, 9.17) is 0 Å². The summed E-state index contributed by atoms with van der Waals surface area (Å²) in [5, 5.41) is 6.04. The van der Waals surface area contributed by atoms with E-state index in [1.54, 1.807) is 7.05 Å². The third kappa shape index (κ3) is 3.80. The van der Waals surface area contributed by atoms with E-state index >= 15 is 0 Å². The SMILES string of the molecule is CCN1CCC(NC(C)C(=O)NC)CC1. The molecule has 1 heterocycles. The van der Waals surface area contributed by atoms with Crippen LogP contribution in [0.15, 0.2) is 0 Å². The Balaban J connectivity index is 2.26. The van der Waals surface area contributed by atoms with Gasteiger partial charge in [0.1, 0.15) is 0 Å². The second kappa shape index (κ2) is 6.08. The standard InChI is InChI=1S/C11H23N3O/c1-4-14-7-5-10(6-8-14)13-9(2)11(15)12-3/h9-10,13H,4-8H2,1-3H3,(H,12,15). The number of carbonyl (C=O) groups is 1. The minimum absolute atomic E-state index is 0.0758. The average molecular weight is 213 g/mol. The van der Waals surface area contributed by atoms with Crippen LogP contribution in [0, 0.1) is 0 Å². The van der Waals surface area contributed by atoms with Gasteiger partial charge in [0.2, 0.25) is 5.91 Å². The number of hydrogen-bond donors (Lipinski definition) is 2. The zero-order valence-corrected chi connectivity index (χ0v) is 10.0. The fourth-order valence-electron chi connectivity index (χ4n) is 2.06. The highest BCUT2D eigenvalue weighted by molar-refractivity contribution is 5.80. The number of rotatable bonds is 4. The van der Waals surface area contributed by atoms with Crippen molar-refractivity contribution in [2.24, 2.45) is 0 Å². The highest BCUT2D eigenvalue weighted by atomic mass is 16.2. The molecule has 1 saturated heterocycles. The van der Waals surface area contributed by atoms with Gasteiger partial charge in [0.05, 0.1) is 6.04 Å². The van der Waals surface area contributed by atoms with Crippen molar-refractivity contribution in [3.63, 3.8) is 0 Å². The van der Waals surface area contributed by atoms with Crippen molar-refractivity contribution < 1.29 is 4.79 Å². The molecule has 0 aromatic heterocycles. The highest BCUT2D eigenvalue weighted by Gasteiger charge is 2.21. The molecule has 1 aliphatic heterocycles. The normalized spacial score (nSPS) is 21.3. The van der Waals surface area contributed by atoms with Gasteiger partial charge in [-0.3, -0.25) is 4.79 Å². The van der Waals surface area contributed by atoms with Gasteiger partial charge in [-0.15, -0.1) is 0 Å². The maximum absolute atomic E-state index is 11.3. The summed E-state index contributed by atoms with van der Waals surface area (Å²) in [7, 11) is 1.68. The number of nitrogens with zero attached hydrogens (tertiary/aromatic N) is 1. The van der Waals surface area contributed by atoms with Crippen LogP contribution in [-0.4, -0.2) is 49.6 Å². The number of piperidine rings is 1. The van der Waals surface area contributed by atoms with Gasteiger partial charge in [0, 0.05) is 13.1 Å². The molecule has 1 amide bonds. The summed E-state index contributed by atoms with van der Waals surface area (Å²) >= 11 is 0. The van der Waals surface area contributed by atoms with Gasteiger partial charge in [-0.25, -0.2) is 0 Å². The van der Waals surface area contributed by atoms with Gasteiger partial charge in [-0.1, -0.05) is 6.92 Å². The number of nitrogens with one attached hydrogen (secondary N) is 2. The Kier molecular flexibility index (Phi) is 5.05. The van der Waals surface area contributed by atoms with Crippen molar-refractivity contribution in [3.8, 4) is 0 Å². The fraction of sp³-hybridized carbons (Fsp3) is 0.909. The van der Waals surface area contributed by atoms with E-state index in [2.05, 4.69) is 22.5 Å². The molecular weight excluding hydrogens is 190 g/mol. The van der Waals surface area contributed by atoms with E-state index in [1.807, 2.05) is 6.92 Å². The van der Waals surface area contributed by atoms with Crippen LogP contribution in [0.4, 0.5) is 0 Å². The molecule has 88 valence electrons. The lowest BCUT2D eigenvalue weighted by molar-refractivity contribution is -0.122. The molecule has 4 nitrogen and oxygen atoms in total. The Hall–Kier alpha value is -0.610. The lowest BCUT2D eigenvalue weighted by atomic mass is 10.0. The topological polar surface area (TPSA) is 44.4 Å². The summed E-state index contributed by atoms with van der Waals surface area (Å²) in [4.78, 5) is 13.8. The summed E-state index contributed by atoms with van der Waals surface area (Å²) in [5.74, 6) is 0.0768. The minimum Gasteiger partial charge on any atom is -0.358 e. The van der Waals surface area contributed by atoms with Gasteiger partial charge >= 0.3 is 0 Å². The molecule has 0 aromatic rings. The molecule has 1 atom stereocenters. The van der Waals surface area contributed by atoms with E-state index in [0.29, 0.717) is 6.04 Å². The first-order chi connectivity index (χ1) is 7.17. The molecule has 1 aliphatic rings. The Morgan fingerprint density at radius 2 is 2.07 bits per heavy atom. The lowest BCUT2D eigenvalue weighted by Crippen LogP contribution is -2.49. The number of amides is 1. The van der Waals surface area contributed by atoms with Crippen LogP contribution in [-0.2, 0) is 4.79 Å². The summed E-state index contributed by atoms with van der Waals surface area (Å²) in [5.41, 5.74) is 0. The second-order valence-electron chi connectivity index (χ2n) is 4.21. The number of carbonyl (C=O) groups excluding carboxylic acids is 1. The zero-order chi connectivity index (χ0) is 11.3. The maximum atomic E-state index is 11.3. The number of hydrogen-bond acceptors (Lipinski definition) is 3. The van der Waals surface area contributed by atoms with Crippen LogP contribution in [0.5, 0.6) is 0 Å². The quantitative estimate of drug-likeness (QED) is 0.701. The van der Waals surface area contributed by atoms with Crippen molar-refractivity contribution in [2.45, 2.75) is 38.8 Å². The van der Waals surface area contributed by atoms with Crippen molar-refractivity contribution in [1.29, 1.82) is 0 Å². The number of likely N-dealkylation sites (N-methyl/N-ethyl adjacent to an activating group) is 1. The van der Waals surface area contributed by atoms with Crippen LogP contribution in [0.2, 0.25) is 0 Å². The molecule has 4 heteroatoms. The Morgan fingerprint density at radius 1 is 1.47 bits per heavy atom. The van der Waals surface area contributed by atoms with Crippen molar-refractivity contribution >= 4 is 5.91 Å². The molecule has 0 saturated carbocycles. The van der Waals surface area contributed by atoms with E-state index in [1.165, 1.54) is 0 Å². The second-order valence-corrected chi connectivity index (χ2v) is 4.21. The van der Waals surface area contributed by atoms with Gasteiger partial charge in [0.25, 0.3) is 0 Å². The smallest absolute Gasteiger partial charge is 0.236 e. The first-order valence-electron chi connectivity index (χ1n) is 5.87. The predicted octanol–water partition coefficient (Wildman–Crippen LogP) is 0.195. The molecular formula is C11H23N3O. The molecule has 1 unspecified atom stereocenters. The third-order valence-corrected chi connectivity index (χ3v) is 3.16. The van der Waals surface area contributed by atoms with E-state index in [9.17, 15) is 4.79 Å². The van der Waals surface area contributed by atoms with Crippen LogP contribution < -0.4 is 10.6 Å². The van der Waals surface area contributed by atoms with E-state index in [0.717, 1.165) is 32.5 Å². The van der Waals surface area contributed by atoms with Gasteiger partial charge in [0.15, 0.2) is 0 Å². The maximum Gasteiger partial charge on any atom is 0.236 e. The molecule has 1 fully saturated rings. The molecule has 0 aromatic carbocycles. The molecule has 1 rings (SSSR count). The Morgan fingerprint density at radius 3 is 2.53 bits per heavy atom. The summed E-state index contributed by atoms with van der Waals surface area (Å²) in [6.45, 7) is 7.55. The van der Waals surface area contributed by atoms with Crippen molar-refractivity contribution in [1.82, 2.24) is 15.5 Å². The van der Waals surface area contributed by atoms with Crippen molar-refractivity contribution in [3.05, 3.63) is 0 Å². The molecule has 2 N–H and O–H groups in total. The van der Waals surface area contributed by atoms with Crippen molar-refractivity contribution in [2.75, 3.05) is 26.7 Å². The first-order valence-corrected chi connectivity index (χ1v) is 5.87. The first kappa shape index (κ1) is 12.5. The van der Waals surface area contributed by atoms with Crippen LogP contribution >= 0.6 is 0 Å². The monoisotopic (exact) mass is 213 g/mol. The van der Waals surface area contributed by atoms with Crippen LogP contribution in [0.3, 0.4) is 0 Å². The predicted molar refractivity (Wildman–Crippen MR) is 61.8 cm³/mol. The largest absolute Gasteiger partial charge is 0.358 e. The zero-order valence-electron chi connectivity index (χ0n) is 10.0. The summed E-state index contributed by atoms with van der Waals surface area (Å²) in [6.07, 6.45) is 2.30. The number of likely N-dealkylation sites (tertiary alicyclic amines) is 1. The summed E-state index contributed by atoms with van der Waals surface area (Å²) in [6, 6.07) is 0.424. The molecule has 0 aliphatic carbocycles.